The fourth-order valence-electron chi connectivity index (χ4n) is 1.76. The van der Waals surface area contributed by atoms with Crippen LogP contribution >= 0.6 is 0 Å². The van der Waals surface area contributed by atoms with Crippen molar-refractivity contribution >= 4 is 0 Å². The van der Waals surface area contributed by atoms with E-state index in [-0.39, 0.29) is 0 Å². The predicted molar refractivity (Wildman–Crippen MR) is 57.8 cm³/mol. The lowest BCUT2D eigenvalue weighted by molar-refractivity contribution is 0.152. The predicted octanol–water partition coefficient (Wildman–Crippen LogP) is 1.63. The van der Waals surface area contributed by atoms with Crippen LogP contribution in [0.1, 0.15) is 25.7 Å². The summed E-state index contributed by atoms with van der Waals surface area (Å²) in [5, 5.41) is 0. The second-order valence-corrected chi connectivity index (χ2v) is 4.06. The third-order valence-corrected chi connectivity index (χ3v) is 2.82. The number of unbranched alkanes of at least 4 members (excludes halogenated alkanes) is 3. The summed E-state index contributed by atoms with van der Waals surface area (Å²) in [6, 6.07) is 0. The summed E-state index contributed by atoms with van der Waals surface area (Å²) in [6.45, 7) is 10.2. The Morgan fingerprint density at radius 2 is 1.69 bits per heavy atom. The fraction of sp³-hybridized carbons (Fsp3) is 0.909. The van der Waals surface area contributed by atoms with Crippen LogP contribution in [0.25, 0.3) is 0 Å². The van der Waals surface area contributed by atoms with E-state index < -0.39 is 0 Å². The van der Waals surface area contributed by atoms with E-state index in [9.17, 15) is 0 Å². The monoisotopic (exact) mass is 183 g/mol. The van der Waals surface area contributed by atoms with Crippen molar-refractivity contribution < 1.29 is 0 Å². The van der Waals surface area contributed by atoms with Gasteiger partial charge >= 0.3 is 0 Å². The van der Waals surface area contributed by atoms with Crippen molar-refractivity contribution in [1.82, 2.24) is 9.80 Å². The fourth-order valence-corrected chi connectivity index (χ4v) is 1.76. The van der Waals surface area contributed by atoms with Crippen molar-refractivity contribution in [2.45, 2.75) is 25.7 Å². The number of piperazine rings is 1. The number of likely N-dealkylation sites (N-methyl/N-ethyl adjacent to an activating group) is 1. The zero-order valence-corrected chi connectivity index (χ0v) is 8.97. The maximum atomic E-state index is 3.86. The lowest BCUT2D eigenvalue weighted by Gasteiger charge is -2.32. The molecule has 0 atom stereocenters. The van der Waals surface area contributed by atoms with E-state index in [0.29, 0.717) is 0 Å². The molecule has 77 valence electrons. The molecule has 13 heavy (non-hydrogen) atoms. The Morgan fingerprint density at radius 1 is 1.00 bits per heavy atom. The normalized spacial score (nSPS) is 20.8. The van der Waals surface area contributed by atoms with Crippen molar-refractivity contribution in [3.05, 3.63) is 6.92 Å². The van der Waals surface area contributed by atoms with Crippen LogP contribution in [-0.4, -0.2) is 49.6 Å². The molecular weight excluding hydrogens is 160 g/mol. The first-order valence-electron chi connectivity index (χ1n) is 5.53. The highest BCUT2D eigenvalue weighted by Gasteiger charge is 2.12. The minimum atomic E-state index is 1.10. The third-order valence-electron chi connectivity index (χ3n) is 2.82. The summed E-state index contributed by atoms with van der Waals surface area (Å²) in [7, 11) is 2.21. The largest absolute Gasteiger partial charge is 0.304 e. The van der Waals surface area contributed by atoms with Gasteiger partial charge in [-0.25, -0.2) is 0 Å². The Morgan fingerprint density at radius 3 is 2.31 bits per heavy atom. The van der Waals surface area contributed by atoms with Gasteiger partial charge in [-0.3, -0.25) is 0 Å². The Kier molecular flexibility index (Phi) is 5.40. The molecule has 1 rings (SSSR count). The van der Waals surface area contributed by atoms with E-state index in [1.165, 1.54) is 52.0 Å². The summed E-state index contributed by atoms with van der Waals surface area (Å²) >= 11 is 0. The Bertz CT molecular complexity index is 117. The molecule has 0 N–H and O–H groups in total. The van der Waals surface area contributed by atoms with Gasteiger partial charge in [0.05, 0.1) is 0 Å². The molecule has 1 aliphatic heterocycles. The van der Waals surface area contributed by atoms with E-state index in [0.717, 1.165) is 6.42 Å². The number of hydrogen-bond acceptors (Lipinski definition) is 2. The van der Waals surface area contributed by atoms with Crippen LogP contribution in [-0.2, 0) is 0 Å². The Labute approximate surface area is 82.9 Å². The summed E-state index contributed by atoms with van der Waals surface area (Å²) < 4.78 is 0. The van der Waals surface area contributed by atoms with Gasteiger partial charge in [-0.05, 0) is 20.0 Å². The van der Waals surface area contributed by atoms with E-state index in [1.54, 1.807) is 0 Å². The first kappa shape index (κ1) is 11.0. The zero-order chi connectivity index (χ0) is 9.52. The molecular formula is C11H23N2. The lowest BCUT2D eigenvalue weighted by atomic mass is 10.2. The molecule has 2 nitrogen and oxygen atoms in total. The van der Waals surface area contributed by atoms with Crippen molar-refractivity contribution in [2.24, 2.45) is 0 Å². The molecule has 0 spiro atoms. The van der Waals surface area contributed by atoms with Gasteiger partial charge < -0.3 is 9.80 Å². The van der Waals surface area contributed by atoms with Crippen LogP contribution in [0.4, 0.5) is 0 Å². The van der Waals surface area contributed by atoms with Gasteiger partial charge in [0, 0.05) is 26.2 Å². The number of rotatable bonds is 5. The van der Waals surface area contributed by atoms with Gasteiger partial charge in [0.2, 0.25) is 0 Å². The molecule has 2 heteroatoms. The van der Waals surface area contributed by atoms with Crippen molar-refractivity contribution in [2.75, 3.05) is 39.8 Å². The molecule has 1 saturated heterocycles. The highest BCUT2D eigenvalue weighted by atomic mass is 15.2. The summed E-state index contributed by atoms with van der Waals surface area (Å²) in [5.74, 6) is 0. The molecule has 1 heterocycles. The Balaban J connectivity index is 1.96. The molecule has 0 bridgehead atoms. The highest BCUT2D eigenvalue weighted by molar-refractivity contribution is 4.68. The van der Waals surface area contributed by atoms with Gasteiger partial charge in [0.25, 0.3) is 0 Å². The minimum absolute atomic E-state index is 1.10. The molecule has 1 aliphatic rings. The van der Waals surface area contributed by atoms with Gasteiger partial charge in [-0.1, -0.05) is 26.2 Å². The van der Waals surface area contributed by atoms with E-state index in [4.69, 9.17) is 0 Å². The molecule has 0 aromatic carbocycles. The molecule has 1 radical (unpaired) electrons. The van der Waals surface area contributed by atoms with Crippen molar-refractivity contribution in [1.29, 1.82) is 0 Å². The van der Waals surface area contributed by atoms with Crippen molar-refractivity contribution in [3.8, 4) is 0 Å². The van der Waals surface area contributed by atoms with Crippen LogP contribution in [0, 0.1) is 6.92 Å². The van der Waals surface area contributed by atoms with Crippen LogP contribution in [0.5, 0.6) is 0 Å². The number of nitrogens with zero attached hydrogens (tertiary/aromatic N) is 2. The number of hydrogen-bond donors (Lipinski definition) is 0. The highest BCUT2D eigenvalue weighted by Crippen LogP contribution is 2.04. The van der Waals surface area contributed by atoms with Crippen molar-refractivity contribution in [3.63, 3.8) is 0 Å². The SMILES string of the molecule is [CH2]CCCCCN1CCN(C)CC1. The third kappa shape index (κ3) is 4.63. The van der Waals surface area contributed by atoms with Crippen LogP contribution < -0.4 is 0 Å². The van der Waals surface area contributed by atoms with Gasteiger partial charge in [-0.15, -0.1) is 0 Å². The van der Waals surface area contributed by atoms with Gasteiger partial charge in [-0.2, -0.15) is 0 Å². The second kappa shape index (κ2) is 6.39. The zero-order valence-electron chi connectivity index (χ0n) is 8.97. The van der Waals surface area contributed by atoms with E-state index in [1.807, 2.05) is 0 Å². The molecule has 0 aromatic rings. The van der Waals surface area contributed by atoms with Crippen LogP contribution in [0.15, 0.2) is 0 Å². The smallest absolute Gasteiger partial charge is 0.0110 e. The maximum Gasteiger partial charge on any atom is 0.0110 e. The minimum Gasteiger partial charge on any atom is -0.304 e. The second-order valence-electron chi connectivity index (χ2n) is 4.06. The molecule has 0 unspecified atom stereocenters. The van der Waals surface area contributed by atoms with Gasteiger partial charge in [0.1, 0.15) is 0 Å². The quantitative estimate of drug-likeness (QED) is 0.598. The molecule has 1 fully saturated rings. The van der Waals surface area contributed by atoms with E-state index in [2.05, 4.69) is 23.8 Å². The average molecular weight is 183 g/mol. The average Bonchev–Trinajstić information content (AvgIpc) is 2.15. The topological polar surface area (TPSA) is 6.48 Å². The molecule has 0 amide bonds. The molecule has 0 aromatic heterocycles. The first-order valence-corrected chi connectivity index (χ1v) is 5.53. The standard InChI is InChI=1S/C11H23N2/c1-3-4-5-6-7-13-10-8-12(2)9-11-13/h1,3-11H2,2H3. The van der Waals surface area contributed by atoms with E-state index >= 15 is 0 Å². The van der Waals surface area contributed by atoms with Crippen LogP contribution in [0.2, 0.25) is 0 Å². The summed E-state index contributed by atoms with van der Waals surface area (Å²) in [5.41, 5.74) is 0. The summed E-state index contributed by atoms with van der Waals surface area (Å²) in [6.07, 6.45) is 5.12. The molecule has 0 saturated carbocycles. The van der Waals surface area contributed by atoms with Crippen LogP contribution in [0.3, 0.4) is 0 Å². The maximum absolute atomic E-state index is 3.86. The summed E-state index contributed by atoms with van der Waals surface area (Å²) in [4.78, 5) is 5.00. The molecule has 0 aliphatic carbocycles. The Hall–Kier alpha value is -0.0800. The lowest BCUT2D eigenvalue weighted by Crippen LogP contribution is -2.44. The van der Waals surface area contributed by atoms with Gasteiger partial charge in [0.15, 0.2) is 0 Å². The first-order chi connectivity index (χ1) is 6.33.